The quantitative estimate of drug-likeness (QED) is 0.716. The lowest BCUT2D eigenvalue weighted by Gasteiger charge is -2.42. The lowest BCUT2D eigenvalue weighted by molar-refractivity contribution is -0.119. The van der Waals surface area contributed by atoms with E-state index >= 15 is 0 Å². The molecule has 30 heavy (non-hydrogen) atoms. The molecular weight excluding hydrogens is 378 g/mol. The van der Waals surface area contributed by atoms with Gasteiger partial charge < -0.3 is 15.1 Å². The molecular formula is C22H27N7O. The molecule has 1 amide bonds. The summed E-state index contributed by atoms with van der Waals surface area (Å²) in [6.45, 7) is 8.16. The second-order valence-electron chi connectivity index (χ2n) is 7.97. The predicted octanol–water partition coefficient (Wildman–Crippen LogP) is 3.51. The van der Waals surface area contributed by atoms with Crippen molar-refractivity contribution in [1.29, 1.82) is 0 Å². The number of nitrogens with one attached hydrogen (secondary N) is 1. The minimum absolute atomic E-state index is 0.0968. The number of hydrogen-bond acceptors (Lipinski definition) is 6. The average molecular weight is 406 g/mol. The molecule has 0 saturated heterocycles. The van der Waals surface area contributed by atoms with Crippen LogP contribution in [-0.4, -0.2) is 44.8 Å². The Morgan fingerprint density at radius 1 is 1.13 bits per heavy atom. The van der Waals surface area contributed by atoms with Crippen LogP contribution in [0.4, 0.5) is 23.0 Å². The molecule has 0 radical (unpaired) electrons. The Bertz CT molecular complexity index is 1090. The van der Waals surface area contributed by atoms with Crippen LogP contribution in [0.5, 0.6) is 0 Å². The van der Waals surface area contributed by atoms with Crippen molar-refractivity contribution in [2.24, 2.45) is 7.05 Å². The number of anilines is 4. The molecule has 1 aliphatic rings. The molecule has 1 aliphatic heterocycles. The van der Waals surface area contributed by atoms with Gasteiger partial charge in [-0.05, 0) is 57.5 Å². The molecule has 156 valence electrons. The highest BCUT2D eigenvalue weighted by atomic mass is 16.2. The van der Waals surface area contributed by atoms with Gasteiger partial charge in [-0.15, -0.1) is 0 Å². The Kier molecular flexibility index (Phi) is 4.93. The molecule has 8 heteroatoms. The number of hydrogen-bond donors (Lipinski definition) is 1. The molecule has 3 heterocycles. The average Bonchev–Trinajstić information content (AvgIpc) is 3.04. The van der Waals surface area contributed by atoms with Gasteiger partial charge in [-0.3, -0.25) is 9.48 Å². The Morgan fingerprint density at radius 3 is 2.57 bits per heavy atom. The van der Waals surface area contributed by atoms with E-state index in [1.54, 1.807) is 11.1 Å². The highest BCUT2D eigenvalue weighted by molar-refractivity contribution is 6.05. The summed E-state index contributed by atoms with van der Waals surface area (Å²) in [4.78, 5) is 25.6. The first-order chi connectivity index (χ1) is 14.3. The first kappa shape index (κ1) is 19.9. The Balaban J connectivity index is 1.69. The molecule has 0 aliphatic carbocycles. The molecule has 0 unspecified atom stereocenters. The van der Waals surface area contributed by atoms with Crippen LogP contribution < -0.4 is 15.1 Å². The highest BCUT2D eigenvalue weighted by Gasteiger charge is 2.34. The summed E-state index contributed by atoms with van der Waals surface area (Å²) >= 11 is 0. The zero-order chi connectivity index (χ0) is 21.6. The summed E-state index contributed by atoms with van der Waals surface area (Å²) in [6, 6.07) is 7.82. The van der Waals surface area contributed by atoms with Crippen LogP contribution in [0, 0.1) is 6.92 Å². The number of nitrogens with zero attached hydrogens (tertiary/aromatic N) is 6. The number of benzene rings is 1. The maximum atomic E-state index is 12.6. The third-order valence-corrected chi connectivity index (χ3v) is 5.55. The maximum Gasteiger partial charge on any atom is 0.249 e. The zero-order valence-electron chi connectivity index (χ0n) is 18.2. The van der Waals surface area contributed by atoms with Crippen molar-refractivity contribution in [3.05, 3.63) is 42.2 Å². The second-order valence-corrected chi connectivity index (χ2v) is 7.97. The van der Waals surface area contributed by atoms with E-state index in [2.05, 4.69) is 45.2 Å². The van der Waals surface area contributed by atoms with E-state index in [9.17, 15) is 4.79 Å². The van der Waals surface area contributed by atoms with Gasteiger partial charge >= 0.3 is 0 Å². The molecule has 0 bridgehead atoms. The van der Waals surface area contributed by atoms with Crippen LogP contribution in [0.25, 0.3) is 11.4 Å². The van der Waals surface area contributed by atoms with Crippen LogP contribution in [0.2, 0.25) is 0 Å². The van der Waals surface area contributed by atoms with Crippen molar-refractivity contribution in [3.8, 4) is 11.4 Å². The van der Waals surface area contributed by atoms with Crippen LogP contribution in [0.15, 0.2) is 36.7 Å². The van der Waals surface area contributed by atoms with E-state index in [1.165, 1.54) is 0 Å². The fourth-order valence-corrected chi connectivity index (χ4v) is 4.14. The van der Waals surface area contributed by atoms with Gasteiger partial charge in [-0.25, -0.2) is 9.97 Å². The first-order valence-electron chi connectivity index (χ1n) is 10.1. The van der Waals surface area contributed by atoms with Gasteiger partial charge in [0.15, 0.2) is 0 Å². The molecule has 0 saturated carbocycles. The summed E-state index contributed by atoms with van der Waals surface area (Å²) in [5.74, 6) is 0.608. The lowest BCUT2D eigenvalue weighted by atomic mass is 10.0. The number of aryl methyl sites for hydroxylation is 2. The van der Waals surface area contributed by atoms with Crippen molar-refractivity contribution < 1.29 is 4.79 Å². The van der Waals surface area contributed by atoms with Gasteiger partial charge in [0.25, 0.3) is 0 Å². The third-order valence-electron chi connectivity index (χ3n) is 5.55. The number of fused-ring (bicyclic) bond motifs is 1. The smallest absolute Gasteiger partial charge is 0.249 e. The Labute approximate surface area is 176 Å². The first-order valence-corrected chi connectivity index (χ1v) is 10.1. The Morgan fingerprint density at radius 2 is 1.90 bits per heavy atom. The number of aromatic nitrogens is 4. The van der Waals surface area contributed by atoms with Crippen molar-refractivity contribution in [2.75, 3.05) is 22.2 Å². The maximum absolute atomic E-state index is 12.6. The van der Waals surface area contributed by atoms with Crippen molar-refractivity contribution >= 4 is 28.9 Å². The minimum Gasteiger partial charge on any atom is -0.356 e. The van der Waals surface area contributed by atoms with Crippen molar-refractivity contribution in [3.63, 3.8) is 0 Å². The Hall–Kier alpha value is -3.42. The van der Waals surface area contributed by atoms with Crippen molar-refractivity contribution in [1.82, 2.24) is 19.7 Å². The molecule has 2 aromatic heterocycles. The fourth-order valence-electron chi connectivity index (χ4n) is 4.14. The van der Waals surface area contributed by atoms with E-state index in [-0.39, 0.29) is 18.0 Å². The summed E-state index contributed by atoms with van der Waals surface area (Å²) in [5.41, 5.74) is 5.62. The number of carbonyl (C=O) groups excluding carboxylic acids is 1. The lowest BCUT2D eigenvalue weighted by Crippen LogP contribution is -2.53. The van der Waals surface area contributed by atoms with Crippen molar-refractivity contribution in [2.45, 2.75) is 39.8 Å². The van der Waals surface area contributed by atoms with Crippen LogP contribution in [0.1, 0.15) is 26.3 Å². The fraction of sp³-hybridized carbons (Fsp3) is 0.364. The molecule has 1 aromatic carbocycles. The van der Waals surface area contributed by atoms with E-state index in [0.29, 0.717) is 5.95 Å². The van der Waals surface area contributed by atoms with E-state index in [0.717, 1.165) is 34.0 Å². The van der Waals surface area contributed by atoms with E-state index in [1.807, 2.05) is 57.0 Å². The summed E-state index contributed by atoms with van der Waals surface area (Å²) in [7, 11) is 3.73. The number of rotatable bonds is 4. The normalized spacial score (nSPS) is 16.2. The van der Waals surface area contributed by atoms with Gasteiger partial charge in [0.2, 0.25) is 11.9 Å². The molecule has 0 fully saturated rings. The number of likely N-dealkylation sites (N-methyl/N-ethyl adjacent to an activating group) is 1. The molecule has 4 rings (SSSR count). The molecule has 8 nitrogen and oxygen atoms in total. The van der Waals surface area contributed by atoms with E-state index < -0.39 is 0 Å². The summed E-state index contributed by atoms with van der Waals surface area (Å²) in [5, 5.41) is 7.61. The molecule has 1 N–H and O–H groups in total. The third kappa shape index (κ3) is 3.28. The largest absolute Gasteiger partial charge is 0.356 e. The van der Waals surface area contributed by atoms with Gasteiger partial charge in [0, 0.05) is 32.0 Å². The molecule has 1 atom stereocenters. The summed E-state index contributed by atoms with van der Waals surface area (Å²) in [6.07, 6.45) is 3.57. The predicted molar refractivity (Wildman–Crippen MR) is 119 cm³/mol. The van der Waals surface area contributed by atoms with Crippen LogP contribution in [0.3, 0.4) is 0 Å². The second kappa shape index (κ2) is 7.44. The molecule has 0 spiro atoms. The zero-order valence-corrected chi connectivity index (χ0v) is 18.2. The standard InChI is InChI=1S/C22H27N7O/c1-13(2)29-15(4)21(30)27(5)18-8-7-16(11-19(18)29)25-22-23-10-9-17(26-22)20-14(3)12-24-28(20)6/h7-13,15H,1-6H3,(H,23,25,26)/t15-/m1/s1. The summed E-state index contributed by atoms with van der Waals surface area (Å²) < 4.78 is 1.81. The number of carbonyl (C=O) groups is 1. The van der Waals surface area contributed by atoms with Crippen LogP contribution >= 0.6 is 0 Å². The van der Waals surface area contributed by atoms with Gasteiger partial charge in [0.1, 0.15) is 6.04 Å². The monoisotopic (exact) mass is 405 g/mol. The highest BCUT2D eigenvalue weighted by Crippen LogP contribution is 2.39. The van der Waals surface area contributed by atoms with Gasteiger partial charge in [-0.2, -0.15) is 5.10 Å². The SMILES string of the molecule is Cc1cnn(C)c1-c1ccnc(Nc2ccc3c(c2)N(C(C)C)[C@H](C)C(=O)N3C)n1. The van der Waals surface area contributed by atoms with Crippen LogP contribution in [-0.2, 0) is 11.8 Å². The minimum atomic E-state index is -0.217. The van der Waals surface area contributed by atoms with Gasteiger partial charge in [0.05, 0.1) is 29.0 Å². The van der Waals surface area contributed by atoms with E-state index in [4.69, 9.17) is 0 Å². The topological polar surface area (TPSA) is 79.2 Å². The van der Waals surface area contributed by atoms with Gasteiger partial charge in [-0.1, -0.05) is 0 Å². The number of amides is 1. The molecule has 3 aromatic rings.